The summed E-state index contributed by atoms with van der Waals surface area (Å²) in [6.07, 6.45) is 6.17. The lowest BCUT2D eigenvalue weighted by Crippen LogP contribution is -1.95. The van der Waals surface area contributed by atoms with E-state index in [0.717, 1.165) is 20.8 Å². The van der Waals surface area contributed by atoms with Crippen molar-refractivity contribution < 1.29 is 4.74 Å². The van der Waals surface area contributed by atoms with E-state index in [9.17, 15) is 0 Å². The second-order valence-electron chi connectivity index (χ2n) is 6.67. The maximum absolute atomic E-state index is 6.42. The van der Waals surface area contributed by atoms with E-state index in [1.807, 2.05) is 24.3 Å². The largest absolute Gasteiger partial charge is 0.437 e. The Hall–Kier alpha value is -3.97. The van der Waals surface area contributed by atoms with E-state index in [0.29, 0.717) is 34.0 Å². The van der Waals surface area contributed by atoms with Crippen molar-refractivity contribution in [3.8, 4) is 23.5 Å². The fourth-order valence-electron chi connectivity index (χ4n) is 2.86. The van der Waals surface area contributed by atoms with Crippen LogP contribution in [0.2, 0.25) is 5.02 Å². The van der Waals surface area contributed by atoms with Crippen LogP contribution in [0.15, 0.2) is 67.4 Å². The number of nitrogens with one attached hydrogen (secondary N) is 1. The van der Waals surface area contributed by atoms with E-state index < -0.39 is 0 Å². The first-order chi connectivity index (χ1) is 16.1. The number of ether oxygens (including phenoxy) is 1. The third kappa shape index (κ3) is 5.32. The SMILES string of the molecule is Cl.Nc1cnc(C#Cc2cc3c(Nc4ccc(Oc5ccccn5)c(Cl)c4)ncnc3s2)cn1. The lowest BCUT2D eigenvalue weighted by molar-refractivity contribution is 0.463. The standard InChI is InChI=1S/C23H14ClN7OS.ClH/c24-18-9-14(5-7-19(18)32-21-3-1-2-8-26-21)31-22-17-10-16(33-23(17)30-13-29-22)6-4-15-11-28-20(25)12-27-15;/h1-3,5,7-13H,(H2,25,28)(H,29,30,31);1H. The zero-order chi connectivity index (χ0) is 22.6. The van der Waals surface area contributed by atoms with Gasteiger partial charge in [0, 0.05) is 18.0 Å². The van der Waals surface area contributed by atoms with Crippen LogP contribution in [0.25, 0.3) is 10.2 Å². The van der Waals surface area contributed by atoms with Crippen molar-refractivity contribution in [2.75, 3.05) is 11.1 Å². The highest BCUT2D eigenvalue weighted by Crippen LogP contribution is 2.34. The minimum absolute atomic E-state index is 0. The molecular formula is C23H15Cl2N7OS. The number of fused-ring (bicyclic) bond motifs is 1. The first kappa shape index (κ1) is 23.2. The van der Waals surface area contributed by atoms with Crippen LogP contribution in [-0.4, -0.2) is 24.9 Å². The summed E-state index contributed by atoms with van der Waals surface area (Å²) in [4.78, 5) is 22.6. The van der Waals surface area contributed by atoms with Gasteiger partial charge in [-0.05, 0) is 42.2 Å². The Kier molecular flexibility index (Phi) is 7.04. The molecule has 11 heteroatoms. The first-order valence-corrected chi connectivity index (χ1v) is 10.8. The number of rotatable bonds is 4. The molecule has 168 valence electrons. The molecule has 0 unspecified atom stereocenters. The fraction of sp³-hybridized carbons (Fsp3) is 0. The molecule has 0 fully saturated rings. The summed E-state index contributed by atoms with van der Waals surface area (Å²) >= 11 is 7.88. The minimum atomic E-state index is 0. The van der Waals surface area contributed by atoms with Gasteiger partial charge in [0.05, 0.1) is 27.7 Å². The Labute approximate surface area is 209 Å². The summed E-state index contributed by atoms with van der Waals surface area (Å²) in [5.74, 6) is 8.04. The second-order valence-corrected chi connectivity index (χ2v) is 8.11. The Morgan fingerprint density at radius 2 is 1.88 bits per heavy atom. The van der Waals surface area contributed by atoms with Crippen molar-refractivity contribution in [3.63, 3.8) is 0 Å². The van der Waals surface area contributed by atoms with Gasteiger partial charge in [-0.25, -0.2) is 24.9 Å². The number of nitrogens with zero attached hydrogens (tertiary/aromatic N) is 5. The van der Waals surface area contributed by atoms with Gasteiger partial charge in [-0.1, -0.05) is 17.7 Å². The maximum atomic E-state index is 6.42. The van der Waals surface area contributed by atoms with Gasteiger partial charge in [-0.3, -0.25) is 0 Å². The third-order valence-corrected chi connectivity index (χ3v) is 5.62. The fourth-order valence-corrected chi connectivity index (χ4v) is 3.93. The molecule has 3 N–H and O–H groups in total. The number of aromatic nitrogens is 5. The predicted molar refractivity (Wildman–Crippen MR) is 136 cm³/mol. The minimum Gasteiger partial charge on any atom is -0.437 e. The number of hydrogen-bond donors (Lipinski definition) is 2. The zero-order valence-electron chi connectivity index (χ0n) is 17.3. The van der Waals surface area contributed by atoms with Gasteiger partial charge in [-0.15, -0.1) is 23.7 Å². The summed E-state index contributed by atoms with van der Waals surface area (Å²) in [6, 6.07) is 12.7. The molecule has 4 heterocycles. The lowest BCUT2D eigenvalue weighted by atomic mass is 10.2. The molecule has 5 aromatic rings. The third-order valence-electron chi connectivity index (χ3n) is 4.36. The molecule has 34 heavy (non-hydrogen) atoms. The molecule has 0 atom stereocenters. The zero-order valence-corrected chi connectivity index (χ0v) is 19.7. The number of benzene rings is 1. The van der Waals surface area contributed by atoms with Gasteiger partial charge < -0.3 is 15.8 Å². The summed E-state index contributed by atoms with van der Waals surface area (Å²) in [6.45, 7) is 0. The number of thiophene rings is 1. The van der Waals surface area contributed by atoms with Gasteiger partial charge in [0.15, 0.2) is 0 Å². The molecular weight excluding hydrogens is 493 g/mol. The molecule has 4 aromatic heterocycles. The number of halogens is 2. The van der Waals surface area contributed by atoms with Crippen LogP contribution >= 0.6 is 35.3 Å². The highest BCUT2D eigenvalue weighted by molar-refractivity contribution is 7.19. The average molecular weight is 508 g/mol. The molecule has 5 rings (SSSR count). The van der Waals surface area contributed by atoms with E-state index >= 15 is 0 Å². The van der Waals surface area contributed by atoms with E-state index in [1.165, 1.54) is 30.1 Å². The Morgan fingerprint density at radius 1 is 0.971 bits per heavy atom. The molecule has 0 aliphatic rings. The van der Waals surface area contributed by atoms with Crippen molar-refractivity contribution in [2.24, 2.45) is 0 Å². The monoisotopic (exact) mass is 507 g/mol. The summed E-state index contributed by atoms with van der Waals surface area (Å²) in [5.41, 5.74) is 6.85. The summed E-state index contributed by atoms with van der Waals surface area (Å²) in [5, 5.41) is 4.58. The Morgan fingerprint density at radius 3 is 2.65 bits per heavy atom. The second kappa shape index (κ2) is 10.3. The maximum Gasteiger partial charge on any atom is 0.219 e. The molecule has 0 amide bonds. The number of anilines is 3. The van der Waals surface area contributed by atoms with Crippen LogP contribution in [0.4, 0.5) is 17.3 Å². The van der Waals surface area contributed by atoms with Crippen LogP contribution in [0, 0.1) is 11.8 Å². The van der Waals surface area contributed by atoms with Crippen molar-refractivity contribution >= 4 is 62.9 Å². The Balaban J connectivity index is 0.00000274. The van der Waals surface area contributed by atoms with E-state index in [1.54, 1.807) is 24.4 Å². The smallest absolute Gasteiger partial charge is 0.219 e. The number of nitrogens with two attached hydrogens (primary N) is 1. The Bertz CT molecular complexity index is 1500. The van der Waals surface area contributed by atoms with Gasteiger partial charge in [0.2, 0.25) is 5.88 Å². The highest BCUT2D eigenvalue weighted by Gasteiger charge is 2.10. The molecule has 0 bridgehead atoms. The van der Waals surface area contributed by atoms with Gasteiger partial charge >= 0.3 is 0 Å². The van der Waals surface area contributed by atoms with Gasteiger partial charge in [0.1, 0.15) is 34.2 Å². The first-order valence-electron chi connectivity index (χ1n) is 9.63. The van der Waals surface area contributed by atoms with Crippen molar-refractivity contribution in [1.82, 2.24) is 24.9 Å². The lowest BCUT2D eigenvalue weighted by Gasteiger charge is -2.10. The molecule has 8 nitrogen and oxygen atoms in total. The number of hydrogen-bond acceptors (Lipinski definition) is 9. The quantitative estimate of drug-likeness (QED) is 0.308. The molecule has 0 saturated carbocycles. The van der Waals surface area contributed by atoms with Crippen molar-refractivity contribution in [2.45, 2.75) is 0 Å². The van der Waals surface area contributed by atoms with Crippen LogP contribution < -0.4 is 15.8 Å². The van der Waals surface area contributed by atoms with Crippen molar-refractivity contribution in [3.05, 3.63) is 83.0 Å². The average Bonchev–Trinajstić information content (AvgIpc) is 3.25. The highest BCUT2D eigenvalue weighted by atomic mass is 35.5. The molecule has 0 aliphatic heterocycles. The van der Waals surface area contributed by atoms with Crippen LogP contribution in [0.3, 0.4) is 0 Å². The molecule has 0 saturated heterocycles. The van der Waals surface area contributed by atoms with Crippen LogP contribution in [0.5, 0.6) is 11.6 Å². The molecule has 0 aliphatic carbocycles. The predicted octanol–water partition coefficient (Wildman–Crippen LogP) is 5.47. The van der Waals surface area contributed by atoms with E-state index in [4.69, 9.17) is 22.1 Å². The normalized spacial score (nSPS) is 10.1. The van der Waals surface area contributed by atoms with E-state index in [-0.39, 0.29) is 12.4 Å². The molecule has 0 radical (unpaired) electrons. The van der Waals surface area contributed by atoms with Crippen LogP contribution in [0.1, 0.15) is 10.6 Å². The topological polar surface area (TPSA) is 112 Å². The summed E-state index contributed by atoms with van der Waals surface area (Å²) in [7, 11) is 0. The molecule has 1 aromatic carbocycles. The molecule has 0 spiro atoms. The number of pyridine rings is 1. The van der Waals surface area contributed by atoms with E-state index in [2.05, 4.69) is 42.1 Å². The number of nitrogen functional groups attached to an aromatic ring is 1. The van der Waals surface area contributed by atoms with Crippen LogP contribution in [-0.2, 0) is 0 Å². The van der Waals surface area contributed by atoms with Gasteiger partial charge in [-0.2, -0.15) is 0 Å². The van der Waals surface area contributed by atoms with Gasteiger partial charge in [0.25, 0.3) is 0 Å². The van der Waals surface area contributed by atoms with Crippen molar-refractivity contribution in [1.29, 1.82) is 0 Å². The summed E-state index contributed by atoms with van der Waals surface area (Å²) < 4.78 is 5.73.